The molecule has 0 aromatic heterocycles. The van der Waals surface area contributed by atoms with Crippen molar-refractivity contribution < 1.29 is 14.6 Å². The van der Waals surface area contributed by atoms with Crippen molar-refractivity contribution in [3.63, 3.8) is 0 Å². The molecule has 0 radical (unpaired) electrons. The maximum absolute atomic E-state index is 12.2. The zero-order chi connectivity index (χ0) is 11.5. The molecule has 1 amide bonds. The first-order chi connectivity index (χ1) is 7.72. The third-order valence-corrected chi connectivity index (χ3v) is 3.35. The van der Waals surface area contributed by atoms with Crippen molar-refractivity contribution in [2.45, 2.75) is 38.0 Å². The van der Waals surface area contributed by atoms with Crippen molar-refractivity contribution in [3.8, 4) is 0 Å². The summed E-state index contributed by atoms with van der Waals surface area (Å²) in [5.41, 5.74) is 0. The fraction of sp³-hybridized carbons (Fsp3) is 0.909. The van der Waals surface area contributed by atoms with E-state index in [2.05, 4.69) is 5.32 Å². The molecule has 16 heavy (non-hydrogen) atoms. The lowest BCUT2D eigenvalue weighted by Crippen LogP contribution is -2.56. The van der Waals surface area contributed by atoms with Gasteiger partial charge in [0.25, 0.3) is 0 Å². The molecule has 5 nitrogen and oxygen atoms in total. The lowest BCUT2D eigenvalue weighted by Gasteiger charge is -2.38. The van der Waals surface area contributed by atoms with Crippen molar-refractivity contribution in [2.75, 3.05) is 26.3 Å². The van der Waals surface area contributed by atoms with E-state index in [4.69, 9.17) is 9.84 Å². The number of aliphatic hydroxyl groups excluding tert-OH is 1. The highest BCUT2D eigenvalue weighted by Crippen LogP contribution is 2.16. The number of nitrogens with one attached hydrogen (secondary N) is 1. The normalized spacial score (nSPS) is 35.4. The Labute approximate surface area is 95.8 Å². The second-order valence-electron chi connectivity index (χ2n) is 4.63. The molecule has 2 heterocycles. The molecule has 3 atom stereocenters. The van der Waals surface area contributed by atoms with Gasteiger partial charge < -0.3 is 20.1 Å². The van der Waals surface area contributed by atoms with Gasteiger partial charge in [0.05, 0.1) is 31.4 Å². The largest absolute Gasteiger partial charge is 0.394 e. The Morgan fingerprint density at radius 3 is 3.06 bits per heavy atom. The molecule has 2 unspecified atom stereocenters. The third kappa shape index (κ3) is 2.36. The summed E-state index contributed by atoms with van der Waals surface area (Å²) < 4.78 is 5.42. The van der Waals surface area contributed by atoms with Crippen molar-refractivity contribution >= 4 is 5.91 Å². The van der Waals surface area contributed by atoms with Gasteiger partial charge in [0.1, 0.15) is 0 Å². The van der Waals surface area contributed by atoms with Crippen molar-refractivity contribution in [1.29, 1.82) is 0 Å². The van der Waals surface area contributed by atoms with Crippen LogP contribution < -0.4 is 5.32 Å². The number of rotatable bonds is 2. The average Bonchev–Trinajstić information content (AvgIpc) is 2.82. The first-order valence-corrected chi connectivity index (χ1v) is 5.98. The average molecular weight is 228 g/mol. The summed E-state index contributed by atoms with van der Waals surface area (Å²) in [4.78, 5) is 14.0. The highest BCUT2D eigenvalue weighted by Gasteiger charge is 2.34. The number of hydrogen-bond donors (Lipinski definition) is 2. The van der Waals surface area contributed by atoms with Crippen LogP contribution in [0.2, 0.25) is 0 Å². The summed E-state index contributed by atoms with van der Waals surface area (Å²) in [5.74, 6) is 0.159. The first kappa shape index (κ1) is 11.8. The quantitative estimate of drug-likeness (QED) is 0.659. The van der Waals surface area contributed by atoms with Gasteiger partial charge in [0, 0.05) is 6.54 Å². The third-order valence-electron chi connectivity index (χ3n) is 3.35. The lowest BCUT2D eigenvalue weighted by molar-refractivity contribution is -0.148. The van der Waals surface area contributed by atoms with Gasteiger partial charge in [-0.2, -0.15) is 0 Å². The minimum Gasteiger partial charge on any atom is -0.394 e. The predicted octanol–water partition coefficient (Wildman–Crippen LogP) is -0.653. The minimum atomic E-state index is -0.221. The van der Waals surface area contributed by atoms with E-state index in [1.165, 1.54) is 0 Å². The van der Waals surface area contributed by atoms with Crippen LogP contribution in [0.4, 0.5) is 0 Å². The van der Waals surface area contributed by atoms with Gasteiger partial charge in [-0.3, -0.25) is 4.79 Å². The Morgan fingerprint density at radius 2 is 2.44 bits per heavy atom. The van der Waals surface area contributed by atoms with E-state index < -0.39 is 0 Å². The number of amides is 1. The molecule has 2 rings (SSSR count). The Balaban J connectivity index is 1.97. The van der Waals surface area contributed by atoms with Gasteiger partial charge in [0.2, 0.25) is 5.91 Å². The lowest BCUT2D eigenvalue weighted by atomic mass is 10.1. The second kappa shape index (κ2) is 5.12. The molecule has 0 aromatic carbocycles. The highest BCUT2D eigenvalue weighted by atomic mass is 16.5. The van der Waals surface area contributed by atoms with Crippen LogP contribution in [-0.2, 0) is 9.53 Å². The Bertz CT molecular complexity index is 254. The summed E-state index contributed by atoms with van der Waals surface area (Å²) >= 11 is 0. The van der Waals surface area contributed by atoms with E-state index >= 15 is 0 Å². The zero-order valence-electron chi connectivity index (χ0n) is 9.69. The molecule has 2 aliphatic rings. The molecule has 0 bridgehead atoms. The Hall–Kier alpha value is -0.650. The summed E-state index contributed by atoms with van der Waals surface area (Å²) in [7, 11) is 0. The first-order valence-electron chi connectivity index (χ1n) is 5.98. The summed E-state index contributed by atoms with van der Waals surface area (Å²) in [6, 6.07) is 0.0811. The van der Waals surface area contributed by atoms with Gasteiger partial charge in [0.15, 0.2) is 0 Å². The minimum absolute atomic E-state index is 0.0193. The van der Waals surface area contributed by atoms with Gasteiger partial charge in [-0.15, -0.1) is 0 Å². The molecule has 2 saturated heterocycles. The Kier molecular flexibility index (Phi) is 3.78. The predicted molar refractivity (Wildman–Crippen MR) is 59.0 cm³/mol. The molecule has 0 saturated carbocycles. The molecule has 0 aliphatic carbocycles. The highest BCUT2D eigenvalue weighted by molar-refractivity contribution is 5.82. The van der Waals surface area contributed by atoms with Crippen LogP contribution in [0.3, 0.4) is 0 Å². The SMILES string of the molecule is CC1COC(CO)CN1C(=O)[C@H]1CCCN1. The van der Waals surface area contributed by atoms with Gasteiger partial charge in [-0.1, -0.05) is 0 Å². The number of hydrogen-bond acceptors (Lipinski definition) is 4. The maximum atomic E-state index is 12.2. The summed E-state index contributed by atoms with van der Waals surface area (Å²) in [5, 5.41) is 12.3. The number of ether oxygens (including phenoxy) is 1. The van der Waals surface area contributed by atoms with Gasteiger partial charge >= 0.3 is 0 Å². The fourth-order valence-corrected chi connectivity index (χ4v) is 2.33. The van der Waals surface area contributed by atoms with Crippen LogP contribution in [0, 0.1) is 0 Å². The number of nitrogens with zero attached hydrogens (tertiary/aromatic N) is 1. The smallest absolute Gasteiger partial charge is 0.240 e. The number of aliphatic hydroxyl groups is 1. The topological polar surface area (TPSA) is 61.8 Å². The van der Waals surface area contributed by atoms with Crippen LogP contribution in [0.5, 0.6) is 0 Å². The van der Waals surface area contributed by atoms with E-state index in [1.807, 2.05) is 11.8 Å². The maximum Gasteiger partial charge on any atom is 0.240 e. The molecule has 2 aliphatic heterocycles. The van der Waals surface area contributed by atoms with E-state index in [-0.39, 0.29) is 30.7 Å². The Morgan fingerprint density at radius 1 is 1.62 bits per heavy atom. The number of carbonyl (C=O) groups is 1. The van der Waals surface area contributed by atoms with Crippen molar-refractivity contribution in [3.05, 3.63) is 0 Å². The van der Waals surface area contributed by atoms with E-state index in [9.17, 15) is 4.79 Å². The van der Waals surface area contributed by atoms with Crippen molar-refractivity contribution in [2.24, 2.45) is 0 Å². The van der Waals surface area contributed by atoms with Crippen LogP contribution in [0.15, 0.2) is 0 Å². The fourth-order valence-electron chi connectivity index (χ4n) is 2.33. The van der Waals surface area contributed by atoms with E-state index in [0.29, 0.717) is 13.2 Å². The second-order valence-corrected chi connectivity index (χ2v) is 4.63. The standard InChI is InChI=1S/C11H20N2O3/c1-8-7-16-9(6-14)5-13(8)11(15)10-3-2-4-12-10/h8-10,12,14H,2-7H2,1H3/t8?,9?,10-/m1/s1. The molecular weight excluding hydrogens is 208 g/mol. The molecule has 2 N–H and O–H groups in total. The molecular formula is C11H20N2O3. The van der Waals surface area contributed by atoms with Gasteiger partial charge in [-0.25, -0.2) is 0 Å². The van der Waals surface area contributed by atoms with E-state index in [0.717, 1.165) is 19.4 Å². The van der Waals surface area contributed by atoms with Crippen LogP contribution in [-0.4, -0.2) is 60.4 Å². The molecule has 0 aromatic rings. The van der Waals surface area contributed by atoms with Crippen molar-refractivity contribution in [1.82, 2.24) is 10.2 Å². The molecule has 0 spiro atoms. The van der Waals surface area contributed by atoms with Crippen LogP contribution in [0.1, 0.15) is 19.8 Å². The van der Waals surface area contributed by atoms with E-state index in [1.54, 1.807) is 0 Å². The van der Waals surface area contributed by atoms with Gasteiger partial charge in [-0.05, 0) is 26.3 Å². The summed E-state index contributed by atoms with van der Waals surface area (Å²) in [6.07, 6.45) is 1.77. The van der Waals surface area contributed by atoms with Crippen LogP contribution in [0.25, 0.3) is 0 Å². The zero-order valence-corrected chi connectivity index (χ0v) is 9.69. The summed E-state index contributed by atoms with van der Waals surface area (Å²) in [6.45, 7) is 3.92. The van der Waals surface area contributed by atoms with Crippen LogP contribution >= 0.6 is 0 Å². The number of carbonyl (C=O) groups excluding carboxylic acids is 1. The molecule has 2 fully saturated rings. The monoisotopic (exact) mass is 228 g/mol. The number of morpholine rings is 1. The molecule has 5 heteroatoms. The molecule has 92 valence electrons.